The zero-order valence-corrected chi connectivity index (χ0v) is 11.2. The summed E-state index contributed by atoms with van der Waals surface area (Å²) in [6, 6.07) is 0. The van der Waals surface area contributed by atoms with Gasteiger partial charge in [-0.15, -0.1) is 0 Å². The fraction of sp³-hybridized carbons (Fsp3) is 1.00. The van der Waals surface area contributed by atoms with E-state index in [9.17, 15) is 0 Å². The van der Waals surface area contributed by atoms with E-state index >= 15 is 0 Å². The number of hydrogen-bond donors (Lipinski definition) is 0. The summed E-state index contributed by atoms with van der Waals surface area (Å²) in [5.41, 5.74) is 0.583. The van der Waals surface area contributed by atoms with E-state index in [0.717, 1.165) is 11.8 Å². The van der Waals surface area contributed by atoms with Crippen LogP contribution in [0.3, 0.4) is 0 Å². The first-order valence-corrected chi connectivity index (χ1v) is 6.58. The number of rotatable bonds is 2. The molecule has 2 atom stereocenters. The van der Waals surface area contributed by atoms with Crippen molar-refractivity contribution in [1.82, 2.24) is 0 Å². The van der Waals surface area contributed by atoms with E-state index in [-0.39, 0.29) is 0 Å². The zero-order chi connectivity index (χ0) is 11.2. The lowest BCUT2D eigenvalue weighted by molar-refractivity contribution is 0.0985. The molecule has 0 nitrogen and oxygen atoms in total. The molecule has 0 aromatic carbocycles. The van der Waals surface area contributed by atoms with Crippen LogP contribution in [0.1, 0.15) is 73.6 Å². The van der Waals surface area contributed by atoms with Crippen LogP contribution in [0.15, 0.2) is 0 Å². The molecule has 0 spiro atoms. The lowest BCUT2D eigenvalue weighted by Gasteiger charge is -2.40. The van der Waals surface area contributed by atoms with Crippen molar-refractivity contribution in [2.75, 3.05) is 0 Å². The minimum absolute atomic E-state index is 0.583. The lowest BCUT2D eigenvalue weighted by Crippen LogP contribution is -2.31. The van der Waals surface area contributed by atoms with E-state index in [0.29, 0.717) is 5.41 Å². The molecule has 1 fully saturated rings. The smallest absolute Gasteiger partial charge is 0.0326 e. The normalized spacial score (nSPS) is 27.9. The summed E-state index contributed by atoms with van der Waals surface area (Å²) in [5.74, 6) is 1.95. The Balaban J connectivity index is 0.000000791. The van der Waals surface area contributed by atoms with Gasteiger partial charge in [-0.2, -0.15) is 0 Å². The Morgan fingerprint density at radius 2 is 1.57 bits per heavy atom. The molecule has 0 radical (unpaired) electrons. The molecule has 1 aliphatic rings. The van der Waals surface area contributed by atoms with Crippen molar-refractivity contribution in [1.29, 1.82) is 0 Å². The van der Waals surface area contributed by atoms with Crippen molar-refractivity contribution in [2.24, 2.45) is 17.3 Å². The quantitative estimate of drug-likeness (QED) is 0.566. The first-order chi connectivity index (χ1) is 6.58. The fourth-order valence-corrected chi connectivity index (χ4v) is 2.74. The van der Waals surface area contributed by atoms with Crippen LogP contribution in [0.25, 0.3) is 0 Å². The number of hydrogen-bond acceptors (Lipinski definition) is 0. The van der Waals surface area contributed by atoms with E-state index in [1.807, 2.05) is 13.8 Å². The maximum atomic E-state index is 2.45. The lowest BCUT2D eigenvalue weighted by atomic mass is 9.65. The Kier molecular flexibility index (Phi) is 6.48. The van der Waals surface area contributed by atoms with Crippen LogP contribution < -0.4 is 0 Å². The van der Waals surface area contributed by atoms with Gasteiger partial charge in [0.25, 0.3) is 0 Å². The van der Waals surface area contributed by atoms with Crippen LogP contribution in [0, 0.1) is 17.3 Å². The van der Waals surface area contributed by atoms with Crippen molar-refractivity contribution >= 4 is 0 Å². The van der Waals surface area contributed by atoms with Gasteiger partial charge in [-0.1, -0.05) is 67.2 Å². The molecule has 1 aliphatic carbocycles. The van der Waals surface area contributed by atoms with Crippen molar-refractivity contribution in [3.05, 3.63) is 0 Å². The van der Waals surface area contributed by atoms with E-state index in [1.54, 1.807) is 0 Å². The van der Waals surface area contributed by atoms with E-state index in [2.05, 4.69) is 27.7 Å². The molecule has 0 amide bonds. The topological polar surface area (TPSA) is 0 Å². The Bertz CT molecular complexity index is 135. The first kappa shape index (κ1) is 14.0. The van der Waals surface area contributed by atoms with Gasteiger partial charge in [0, 0.05) is 0 Å². The minimum atomic E-state index is 0.583. The first-order valence-electron chi connectivity index (χ1n) is 6.58. The van der Waals surface area contributed by atoms with E-state index in [1.165, 1.54) is 32.1 Å². The summed E-state index contributed by atoms with van der Waals surface area (Å²) in [7, 11) is 0. The summed E-state index contributed by atoms with van der Waals surface area (Å²) in [4.78, 5) is 0. The SMILES string of the molecule is CC.CCC(C)(C)C1CCCCC1C. The average molecular weight is 198 g/mol. The third kappa shape index (κ3) is 3.63. The van der Waals surface area contributed by atoms with Crippen LogP contribution in [-0.2, 0) is 0 Å². The third-order valence-electron chi connectivity index (χ3n) is 4.03. The van der Waals surface area contributed by atoms with Gasteiger partial charge >= 0.3 is 0 Å². The van der Waals surface area contributed by atoms with Crippen LogP contribution in [0.5, 0.6) is 0 Å². The summed E-state index contributed by atoms with van der Waals surface area (Å²) in [6.45, 7) is 13.7. The Hall–Kier alpha value is 0. The molecule has 14 heavy (non-hydrogen) atoms. The van der Waals surface area contributed by atoms with Gasteiger partial charge in [0.2, 0.25) is 0 Å². The van der Waals surface area contributed by atoms with Crippen LogP contribution in [-0.4, -0.2) is 0 Å². The summed E-state index contributed by atoms with van der Waals surface area (Å²) >= 11 is 0. The molecule has 0 saturated heterocycles. The molecule has 0 bridgehead atoms. The molecule has 2 unspecified atom stereocenters. The Morgan fingerprint density at radius 1 is 1.07 bits per heavy atom. The predicted molar refractivity (Wildman–Crippen MR) is 66.5 cm³/mol. The standard InChI is InChI=1S/C12H24.C2H6/c1-5-12(3,4)11-9-7-6-8-10(11)2;1-2/h10-11H,5-9H2,1-4H3;1-2H3. The fourth-order valence-electron chi connectivity index (χ4n) is 2.74. The Morgan fingerprint density at radius 3 is 2.00 bits per heavy atom. The second kappa shape index (κ2) is 6.48. The van der Waals surface area contributed by atoms with Crippen molar-refractivity contribution in [3.8, 4) is 0 Å². The van der Waals surface area contributed by atoms with Crippen molar-refractivity contribution in [3.63, 3.8) is 0 Å². The second-order valence-corrected chi connectivity index (χ2v) is 5.21. The molecule has 1 saturated carbocycles. The van der Waals surface area contributed by atoms with Gasteiger partial charge in [-0.25, -0.2) is 0 Å². The maximum Gasteiger partial charge on any atom is -0.0326 e. The molecule has 0 heteroatoms. The van der Waals surface area contributed by atoms with Crippen molar-refractivity contribution in [2.45, 2.75) is 73.6 Å². The largest absolute Gasteiger partial charge is 0.0683 e. The Labute approximate surface area is 91.5 Å². The zero-order valence-electron chi connectivity index (χ0n) is 11.2. The monoisotopic (exact) mass is 198 g/mol. The van der Waals surface area contributed by atoms with Crippen LogP contribution >= 0.6 is 0 Å². The molecule has 0 aliphatic heterocycles. The highest BCUT2D eigenvalue weighted by Gasteiger charge is 2.33. The molecule has 0 N–H and O–H groups in total. The highest BCUT2D eigenvalue weighted by Crippen LogP contribution is 2.43. The molecular weight excluding hydrogens is 168 g/mol. The minimum Gasteiger partial charge on any atom is -0.0683 e. The average Bonchev–Trinajstić information content (AvgIpc) is 2.21. The molecule has 86 valence electrons. The predicted octanol–water partition coefficient (Wildman–Crippen LogP) is 5.28. The van der Waals surface area contributed by atoms with Crippen LogP contribution in [0.4, 0.5) is 0 Å². The van der Waals surface area contributed by atoms with Crippen molar-refractivity contribution < 1.29 is 0 Å². The summed E-state index contributed by atoms with van der Waals surface area (Å²) < 4.78 is 0. The van der Waals surface area contributed by atoms with E-state index < -0.39 is 0 Å². The molecule has 0 aromatic rings. The molecule has 1 rings (SSSR count). The molecule has 0 aromatic heterocycles. The van der Waals surface area contributed by atoms with Gasteiger partial charge in [-0.3, -0.25) is 0 Å². The van der Waals surface area contributed by atoms with Gasteiger partial charge in [0.15, 0.2) is 0 Å². The highest BCUT2D eigenvalue weighted by atomic mass is 14.4. The van der Waals surface area contributed by atoms with Crippen LogP contribution in [0.2, 0.25) is 0 Å². The maximum absolute atomic E-state index is 2.45. The second-order valence-electron chi connectivity index (χ2n) is 5.21. The van der Waals surface area contributed by atoms with E-state index in [4.69, 9.17) is 0 Å². The van der Waals surface area contributed by atoms with Gasteiger partial charge < -0.3 is 0 Å². The highest BCUT2D eigenvalue weighted by molar-refractivity contribution is 4.83. The van der Waals surface area contributed by atoms with Gasteiger partial charge in [0.05, 0.1) is 0 Å². The van der Waals surface area contributed by atoms with Gasteiger partial charge in [0.1, 0.15) is 0 Å². The summed E-state index contributed by atoms with van der Waals surface area (Å²) in [5, 5.41) is 0. The summed E-state index contributed by atoms with van der Waals surface area (Å²) in [6.07, 6.45) is 7.22. The third-order valence-corrected chi connectivity index (χ3v) is 4.03. The molecular formula is C14H30. The molecule has 0 heterocycles. The van der Waals surface area contributed by atoms with Gasteiger partial charge in [-0.05, 0) is 23.7 Å².